The number of hydrogen-bond acceptors (Lipinski definition) is 6. The third-order valence-electron chi connectivity index (χ3n) is 7.37. The number of hydrogen-bond donors (Lipinski definition) is 0. The fourth-order valence-electron chi connectivity index (χ4n) is 5.07. The summed E-state index contributed by atoms with van der Waals surface area (Å²) in [4.78, 5) is 9.74. The third kappa shape index (κ3) is 6.87. The summed E-state index contributed by atoms with van der Waals surface area (Å²) in [6, 6.07) is 53.5. The van der Waals surface area contributed by atoms with Crippen molar-refractivity contribution in [1.82, 2.24) is 0 Å². The van der Waals surface area contributed by atoms with Crippen molar-refractivity contribution < 1.29 is 0 Å². The normalized spacial score (nSPS) is 12.6. The molecule has 6 aromatic carbocycles. The van der Waals surface area contributed by atoms with E-state index in [1.54, 1.807) is 0 Å². The summed E-state index contributed by atoms with van der Waals surface area (Å²) in [5, 5.41) is 30.9. The lowest BCUT2D eigenvalue weighted by atomic mass is 9.99. The van der Waals surface area contributed by atoms with Crippen molar-refractivity contribution in [1.29, 1.82) is 0 Å². The van der Waals surface area contributed by atoms with E-state index in [1.807, 2.05) is 170 Å². The Labute approximate surface area is 267 Å². The highest BCUT2D eigenvalue weighted by Crippen LogP contribution is 2.27. The van der Waals surface area contributed by atoms with Crippen LogP contribution in [-0.4, -0.2) is 22.8 Å². The van der Waals surface area contributed by atoms with E-state index in [-0.39, 0.29) is 11.4 Å². The standard InChI is InChI=1S/C40H30N4O2/c45-43-39(33-17-9-3-10-18-33)37(31-13-5-1-6-14-31)41-35-25-21-29(22-26-35)30-23-27-36(28-24-30)42-38(32-15-7-2-8-16-32)40(44-46)34-19-11-4-12-20-34/h1-28,45-46H/p-2/b41-37?,42-38?,43-39+,44-40+. The zero-order valence-corrected chi connectivity index (χ0v) is 24.8. The van der Waals surface area contributed by atoms with Crippen molar-refractivity contribution in [2.24, 2.45) is 20.3 Å². The van der Waals surface area contributed by atoms with Gasteiger partial charge in [-0.15, -0.1) is 0 Å². The number of aliphatic imine (C=N–C) groups is 2. The molecule has 0 spiro atoms. The maximum absolute atomic E-state index is 12.1. The highest BCUT2D eigenvalue weighted by atomic mass is 16.4. The molecule has 6 aromatic rings. The highest BCUT2D eigenvalue weighted by Gasteiger charge is 2.15. The summed E-state index contributed by atoms with van der Waals surface area (Å²) in [6.07, 6.45) is 0. The van der Waals surface area contributed by atoms with Crippen LogP contribution >= 0.6 is 0 Å². The van der Waals surface area contributed by atoms with Gasteiger partial charge in [-0.25, -0.2) is 9.98 Å². The van der Waals surface area contributed by atoms with Gasteiger partial charge in [-0.2, -0.15) is 0 Å². The van der Waals surface area contributed by atoms with Crippen molar-refractivity contribution in [2.45, 2.75) is 0 Å². The van der Waals surface area contributed by atoms with E-state index in [0.29, 0.717) is 33.9 Å². The molecular weight excluding hydrogens is 568 g/mol. The Kier molecular flexibility index (Phi) is 9.27. The van der Waals surface area contributed by atoms with E-state index in [0.717, 1.165) is 22.3 Å². The molecule has 0 heterocycles. The van der Waals surface area contributed by atoms with E-state index >= 15 is 0 Å². The molecule has 6 heteroatoms. The fraction of sp³-hybridized carbons (Fsp3) is 0. The first kappa shape index (κ1) is 29.7. The molecule has 0 atom stereocenters. The van der Waals surface area contributed by atoms with Crippen molar-refractivity contribution >= 4 is 34.2 Å². The summed E-state index contributed by atoms with van der Waals surface area (Å²) in [7, 11) is 0. The predicted octanol–water partition coefficient (Wildman–Crippen LogP) is 9.57. The molecule has 0 aliphatic rings. The molecule has 0 fully saturated rings. The van der Waals surface area contributed by atoms with Gasteiger partial charge in [0.05, 0.1) is 34.2 Å². The zero-order chi connectivity index (χ0) is 31.6. The maximum Gasteiger partial charge on any atom is 0.0963 e. The minimum atomic E-state index is 0.277. The van der Waals surface area contributed by atoms with Crippen LogP contribution < -0.4 is 0 Å². The second-order valence-corrected chi connectivity index (χ2v) is 10.4. The molecule has 0 amide bonds. The average molecular weight is 597 g/mol. The van der Waals surface area contributed by atoms with Crippen LogP contribution in [0.2, 0.25) is 0 Å². The number of benzene rings is 6. The van der Waals surface area contributed by atoms with Crippen molar-refractivity contribution in [2.75, 3.05) is 0 Å². The summed E-state index contributed by atoms with van der Waals surface area (Å²) < 4.78 is 0. The first-order valence-electron chi connectivity index (χ1n) is 14.7. The fourth-order valence-corrected chi connectivity index (χ4v) is 5.07. The summed E-state index contributed by atoms with van der Waals surface area (Å²) >= 11 is 0. The molecule has 0 saturated heterocycles. The minimum Gasteiger partial charge on any atom is -0.791 e. The number of rotatable bonds is 9. The largest absolute Gasteiger partial charge is 0.791 e. The van der Waals surface area contributed by atoms with Crippen molar-refractivity contribution in [3.63, 3.8) is 0 Å². The van der Waals surface area contributed by atoms with Gasteiger partial charge in [0.25, 0.3) is 0 Å². The van der Waals surface area contributed by atoms with Crippen LogP contribution in [0.3, 0.4) is 0 Å². The Bertz CT molecular complexity index is 1850. The second-order valence-electron chi connectivity index (χ2n) is 10.4. The van der Waals surface area contributed by atoms with E-state index in [1.165, 1.54) is 0 Å². The molecule has 6 nitrogen and oxygen atoms in total. The molecule has 0 radical (unpaired) electrons. The van der Waals surface area contributed by atoms with Gasteiger partial charge in [0, 0.05) is 22.3 Å². The molecule has 0 bridgehead atoms. The molecular formula is C40H28N4O2-2. The van der Waals surface area contributed by atoms with Crippen LogP contribution in [0.25, 0.3) is 11.1 Å². The summed E-state index contributed by atoms with van der Waals surface area (Å²) in [6.45, 7) is 0. The maximum atomic E-state index is 12.1. The molecule has 0 aromatic heterocycles. The van der Waals surface area contributed by atoms with Crippen molar-refractivity contribution in [3.05, 3.63) is 203 Å². The molecule has 6 rings (SSSR count). The van der Waals surface area contributed by atoms with Gasteiger partial charge < -0.3 is 20.7 Å². The average Bonchev–Trinajstić information content (AvgIpc) is 3.14. The lowest BCUT2D eigenvalue weighted by Crippen LogP contribution is -2.16. The van der Waals surface area contributed by atoms with Crippen LogP contribution in [0, 0.1) is 10.4 Å². The number of nitrogens with zero attached hydrogens (tertiary/aromatic N) is 4. The van der Waals surface area contributed by atoms with Gasteiger partial charge in [0.15, 0.2) is 0 Å². The van der Waals surface area contributed by atoms with E-state index in [2.05, 4.69) is 10.3 Å². The molecule has 0 N–H and O–H groups in total. The van der Waals surface area contributed by atoms with Crippen LogP contribution in [0.5, 0.6) is 0 Å². The second kappa shape index (κ2) is 14.4. The quantitative estimate of drug-likeness (QED) is 0.123. The van der Waals surface area contributed by atoms with Gasteiger partial charge in [-0.05, 0) is 35.4 Å². The SMILES string of the molecule is [O-]/N=C(/C(=Nc1ccc(-c2ccc(N=C(/C(=N/[O-])c3ccccc3)c3ccccc3)cc2)cc1)c1ccccc1)c1ccccc1. The van der Waals surface area contributed by atoms with Crippen molar-refractivity contribution in [3.8, 4) is 11.1 Å². The first-order valence-corrected chi connectivity index (χ1v) is 14.7. The predicted molar refractivity (Wildman–Crippen MR) is 190 cm³/mol. The van der Waals surface area contributed by atoms with Gasteiger partial charge in [-0.1, -0.05) is 146 Å². The Morgan fingerprint density at radius 3 is 0.826 bits per heavy atom. The minimum absolute atomic E-state index is 0.277. The summed E-state index contributed by atoms with van der Waals surface area (Å²) in [5.41, 5.74) is 7.93. The molecule has 0 aliphatic carbocycles. The van der Waals surface area contributed by atoms with Gasteiger partial charge in [0.2, 0.25) is 0 Å². The Morgan fingerprint density at radius 2 is 0.565 bits per heavy atom. The smallest absolute Gasteiger partial charge is 0.0963 e. The molecule has 0 saturated carbocycles. The third-order valence-corrected chi connectivity index (χ3v) is 7.37. The van der Waals surface area contributed by atoms with Crippen LogP contribution in [0.1, 0.15) is 22.3 Å². The van der Waals surface area contributed by atoms with E-state index in [4.69, 9.17) is 9.98 Å². The molecule has 46 heavy (non-hydrogen) atoms. The van der Waals surface area contributed by atoms with Crippen LogP contribution in [-0.2, 0) is 0 Å². The van der Waals surface area contributed by atoms with Gasteiger partial charge >= 0.3 is 0 Å². The molecule has 222 valence electrons. The topological polar surface area (TPSA) is 95.6 Å². The Morgan fingerprint density at radius 1 is 0.304 bits per heavy atom. The lowest BCUT2D eigenvalue weighted by molar-refractivity contribution is 1.47. The lowest BCUT2D eigenvalue weighted by Gasteiger charge is -2.14. The highest BCUT2D eigenvalue weighted by molar-refractivity contribution is 6.54. The van der Waals surface area contributed by atoms with E-state index in [9.17, 15) is 10.4 Å². The summed E-state index contributed by atoms with van der Waals surface area (Å²) in [5.74, 6) is 0. The van der Waals surface area contributed by atoms with Crippen LogP contribution in [0.4, 0.5) is 11.4 Å². The monoisotopic (exact) mass is 596 g/mol. The van der Waals surface area contributed by atoms with Gasteiger partial charge in [0.1, 0.15) is 0 Å². The molecule has 0 unspecified atom stereocenters. The zero-order valence-electron chi connectivity index (χ0n) is 24.8. The first-order chi connectivity index (χ1) is 22.7. The van der Waals surface area contributed by atoms with E-state index < -0.39 is 0 Å². The van der Waals surface area contributed by atoms with Gasteiger partial charge in [-0.3, -0.25) is 0 Å². The Balaban J connectivity index is 1.30. The Hall–Kier alpha value is -6.40. The molecule has 0 aliphatic heterocycles. The van der Waals surface area contributed by atoms with Crippen LogP contribution in [0.15, 0.2) is 190 Å².